The Hall–Kier alpha value is -2.64. The van der Waals surface area contributed by atoms with Crippen molar-refractivity contribution in [2.24, 2.45) is 0 Å². The lowest BCUT2D eigenvalue weighted by atomic mass is 10.1. The standard InChI is InChI=1S/C21H12Cl3N3O2S/c22-12-3-5-15(6-4-12)27-20(29)18(19(28)25-21(27)30)11-16-2-1-7-26(16)17-9-13(23)8-14(24)10-17/h1-11H,(H,25,28,30). The first-order valence-electron chi connectivity index (χ1n) is 8.64. The van der Waals surface area contributed by atoms with E-state index in [4.69, 9.17) is 47.0 Å². The van der Waals surface area contributed by atoms with Crippen molar-refractivity contribution in [2.75, 3.05) is 4.90 Å². The molecule has 1 N–H and O–H groups in total. The largest absolute Gasteiger partial charge is 0.317 e. The first-order valence-corrected chi connectivity index (χ1v) is 10.2. The molecule has 9 heteroatoms. The SMILES string of the molecule is O=C1NC(=S)N(c2ccc(Cl)cc2)C(=O)C1=Cc1cccn1-c1cc(Cl)cc(Cl)c1. The number of benzene rings is 2. The average molecular weight is 477 g/mol. The molecule has 0 spiro atoms. The Kier molecular flexibility index (Phi) is 5.66. The maximum atomic E-state index is 13.1. The second kappa shape index (κ2) is 8.24. The van der Waals surface area contributed by atoms with Gasteiger partial charge in [0.15, 0.2) is 5.11 Å². The van der Waals surface area contributed by atoms with Gasteiger partial charge in [-0.3, -0.25) is 19.8 Å². The fourth-order valence-corrected chi connectivity index (χ4v) is 3.98. The zero-order chi connectivity index (χ0) is 21.4. The van der Waals surface area contributed by atoms with Gasteiger partial charge in [0.25, 0.3) is 11.8 Å². The van der Waals surface area contributed by atoms with Crippen LogP contribution in [0.1, 0.15) is 5.69 Å². The lowest BCUT2D eigenvalue weighted by Gasteiger charge is -2.29. The fraction of sp³-hybridized carbons (Fsp3) is 0. The summed E-state index contributed by atoms with van der Waals surface area (Å²) in [6.45, 7) is 0. The first-order chi connectivity index (χ1) is 14.3. The number of carbonyl (C=O) groups excluding carboxylic acids is 2. The molecule has 0 aliphatic carbocycles. The summed E-state index contributed by atoms with van der Waals surface area (Å²) in [4.78, 5) is 26.9. The van der Waals surface area contributed by atoms with Gasteiger partial charge in [0.1, 0.15) is 5.57 Å². The van der Waals surface area contributed by atoms with Gasteiger partial charge in [0.2, 0.25) is 0 Å². The van der Waals surface area contributed by atoms with Crippen LogP contribution in [0.4, 0.5) is 5.69 Å². The predicted molar refractivity (Wildman–Crippen MR) is 123 cm³/mol. The van der Waals surface area contributed by atoms with Crippen LogP contribution < -0.4 is 10.2 Å². The number of anilines is 1. The molecule has 0 unspecified atom stereocenters. The summed E-state index contributed by atoms with van der Waals surface area (Å²) < 4.78 is 1.77. The van der Waals surface area contributed by atoms with E-state index in [1.54, 1.807) is 65.4 Å². The van der Waals surface area contributed by atoms with E-state index in [0.29, 0.717) is 32.1 Å². The molecule has 0 saturated carbocycles. The van der Waals surface area contributed by atoms with Gasteiger partial charge in [-0.1, -0.05) is 34.8 Å². The highest BCUT2D eigenvalue weighted by Gasteiger charge is 2.34. The summed E-state index contributed by atoms with van der Waals surface area (Å²) in [5.41, 5.74) is 1.72. The van der Waals surface area contributed by atoms with Crippen molar-refractivity contribution in [2.45, 2.75) is 0 Å². The number of nitrogens with zero attached hydrogens (tertiary/aromatic N) is 2. The van der Waals surface area contributed by atoms with Crippen LogP contribution in [0.5, 0.6) is 0 Å². The van der Waals surface area contributed by atoms with E-state index in [1.165, 1.54) is 11.0 Å². The summed E-state index contributed by atoms with van der Waals surface area (Å²) >= 11 is 23.4. The maximum Gasteiger partial charge on any atom is 0.270 e. The van der Waals surface area contributed by atoms with Gasteiger partial charge in [-0.2, -0.15) is 0 Å². The topological polar surface area (TPSA) is 54.3 Å². The van der Waals surface area contributed by atoms with Gasteiger partial charge >= 0.3 is 0 Å². The highest BCUT2D eigenvalue weighted by Crippen LogP contribution is 2.26. The van der Waals surface area contributed by atoms with Crippen LogP contribution in [0.25, 0.3) is 11.8 Å². The first kappa shape index (κ1) is 20.6. The Bertz CT molecular complexity index is 1200. The summed E-state index contributed by atoms with van der Waals surface area (Å²) in [6.07, 6.45) is 3.28. The zero-order valence-corrected chi connectivity index (χ0v) is 18.2. The molecule has 2 amide bonds. The van der Waals surface area contributed by atoms with Crippen LogP contribution >= 0.6 is 47.0 Å². The van der Waals surface area contributed by atoms with Gasteiger partial charge in [0, 0.05) is 32.6 Å². The van der Waals surface area contributed by atoms with E-state index in [9.17, 15) is 9.59 Å². The Labute approximate surface area is 192 Å². The van der Waals surface area contributed by atoms with E-state index in [-0.39, 0.29) is 10.7 Å². The van der Waals surface area contributed by atoms with Crippen LogP contribution in [0.15, 0.2) is 66.4 Å². The molecule has 1 fully saturated rings. The molecule has 2 heterocycles. The number of hydrogen-bond donors (Lipinski definition) is 1. The van der Waals surface area contributed by atoms with Gasteiger partial charge in [0.05, 0.1) is 5.69 Å². The normalized spacial score (nSPS) is 15.6. The lowest BCUT2D eigenvalue weighted by Crippen LogP contribution is -2.54. The summed E-state index contributed by atoms with van der Waals surface area (Å²) in [5, 5.41) is 4.02. The van der Waals surface area contributed by atoms with Crippen molar-refractivity contribution in [3.8, 4) is 5.69 Å². The molecule has 0 atom stereocenters. The fourth-order valence-electron chi connectivity index (χ4n) is 3.06. The van der Waals surface area contributed by atoms with Gasteiger partial charge < -0.3 is 4.57 Å². The molecule has 2 aromatic carbocycles. The Morgan fingerprint density at radius 1 is 0.867 bits per heavy atom. The van der Waals surface area contributed by atoms with E-state index in [0.717, 1.165) is 0 Å². The number of carbonyl (C=O) groups is 2. The second-order valence-corrected chi connectivity index (χ2v) is 8.06. The molecule has 4 rings (SSSR count). The molecule has 150 valence electrons. The second-order valence-electron chi connectivity index (χ2n) is 6.36. The average Bonchev–Trinajstić information content (AvgIpc) is 3.14. The number of nitrogens with one attached hydrogen (secondary N) is 1. The summed E-state index contributed by atoms with van der Waals surface area (Å²) in [6, 6.07) is 15.2. The highest BCUT2D eigenvalue weighted by molar-refractivity contribution is 7.80. The van der Waals surface area contributed by atoms with E-state index >= 15 is 0 Å². The number of halogens is 3. The van der Waals surface area contributed by atoms with E-state index in [2.05, 4.69) is 5.32 Å². The van der Waals surface area contributed by atoms with Crippen molar-refractivity contribution in [3.63, 3.8) is 0 Å². The monoisotopic (exact) mass is 475 g/mol. The smallest absolute Gasteiger partial charge is 0.270 e. The molecule has 1 saturated heterocycles. The molecule has 1 aliphatic heterocycles. The number of aromatic nitrogens is 1. The number of hydrogen-bond acceptors (Lipinski definition) is 3. The maximum absolute atomic E-state index is 13.1. The Morgan fingerprint density at radius 2 is 1.53 bits per heavy atom. The number of thiocarbonyl (C=S) groups is 1. The molecule has 0 radical (unpaired) electrons. The molecule has 3 aromatic rings. The van der Waals surface area contributed by atoms with Crippen LogP contribution in [0.3, 0.4) is 0 Å². The molecule has 0 bridgehead atoms. The lowest BCUT2D eigenvalue weighted by molar-refractivity contribution is -0.122. The van der Waals surface area contributed by atoms with Gasteiger partial charge in [-0.25, -0.2) is 0 Å². The molecular weight excluding hydrogens is 465 g/mol. The Morgan fingerprint density at radius 3 is 2.20 bits per heavy atom. The van der Waals surface area contributed by atoms with Crippen LogP contribution in [0.2, 0.25) is 15.1 Å². The van der Waals surface area contributed by atoms with Crippen LogP contribution in [0, 0.1) is 0 Å². The third-order valence-corrected chi connectivity index (χ3v) is 5.36. The van der Waals surface area contributed by atoms with Crippen LogP contribution in [-0.2, 0) is 9.59 Å². The number of rotatable bonds is 3. The quantitative estimate of drug-likeness (QED) is 0.318. The summed E-state index contributed by atoms with van der Waals surface area (Å²) in [7, 11) is 0. The highest BCUT2D eigenvalue weighted by atomic mass is 35.5. The molecule has 30 heavy (non-hydrogen) atoms. The van der Waals surface area contributed by atoms with E-state index in [1.807, 2.05) is 0 Å². The minimum absolute atomic E-state index is 0.00137. The van der Waals surface area contributed by atoms with Gasteiger partial charge in [-0.05, 0) is 72.9 Å². The van der Waals surface area contributed by atoms with Crippen molar-refractivity contribution in [1.82, 2.24) is 9.88 Å². The summed E-state index contributed by atoms with van der Waals surface area (Å²) in [5.74, 6) is -1.12. The van der Waals surface area contributed by atoms with Crippen LogP contribution in [-0.4, -0.2) is 21.5 Å². The predicted octanol–water partition coefficient (Wildman–Crippen LogP) is 5.27. The van der Waals surface area contributed by atoms with Gasteiger partial charge in [-0.15, -0.1) is 0 Å². The minimum atomic E-state index is -0.577. The molecular formula is C21H12Cl3N3O2S. The van der Waals surface area contributed by atoms with Crippen molar-refractivity contribution in [1.29, 1.82) is 0 Å². The van der Waals surface area contributed by atoms with Crippen molar-refractivity contribution >= 4 is 75.7 Å². The van der Waals surface area contributed by atoms with Crippen molar-refractivity contribution < 1.29 is 9.59 Å². The van der Waals surface area contributed by atoms with Crippen molar-refractivity contribution in [3.05, 3.63) is 87.1 Å². The van der Waals surface area contributed by atoms with E-state index < -0.39 is 11.8 Å². The zero-order valence-electron chi connectivity index (χ0n) is 15.1. The molecule has 1 aliphatic rings. The number of amides is 2. The third-order valence-electron chi connectivity index (χ3n) is 4.38. The molecule has 5 nitrogen and oxygen atoms in total. The minimum Gasteiger partial charge on any atom is -0.317 e. The third kappa shape index (κ3) is 4.00. The Balaban J connectivity index is 1.76. The molecule has 1 aromatic heterocycles.